The second-order valence-electron chi connectivity index (χ2n) is 5.02. The largest absolute Gasteiger partial charge is 0.309 e. The molecule has 0 radical (unpaired) electrons. The van der Waals surface area contributed by atoms with Gasteiger partial charge in [0.25, 0.3) is 0 Å². The monoisotopic (exact) mass is 238 g/mol. The maximum absolute atomic E-state index is 4.85. The molecule has 1 aliphatic rings. The van der Waals surface area contributed by atoms with Gasteiger partial charge in [0.2, 0.25) is 0 Å². The molecule has 0 bridgehead atoms. The molecule has 0 aromatic carbocycles. The number of fused-ring (bicyclic) bond motifs is 1. The Morgan fingerprint density at radius 1 is 1.50 bits per heavy atom. The lowest BCUT2D eigenvalue weighted by atomic mass is 9.97. The van der Waals surface area contributed by atoms with Crippen LogP contribution in [0.3, 0.4) is 0 Å². The van der Waals surface area contributed by atoms with Crippen molar-refractivity contribution < 1.29 is 0 Å². The molecule has 16 heavy (non-hydrogen) atoms. The third-order valence-electron chi connectivity index (χ3n) is 3.03. The van der Waals surface area contributed by atoms with Crippen LogP contribution in [0.25, 0.3) is 0 Å². The number of aromatic nitrogens is 1. The Kier molecular flexibility index (Phi) is 3.98. The van der Waals surface area contributed by atoms with E-state index in [2.05, 4.69) is 26.1 Å². The fraction of sp³-hybridized carbons (Fsp3) is 0.769. The van der Waals surface area contributed by atoms with Crippen LogP contribution < -0.4 is 5.32 Å². The van der Waals surface area contributed by atoms with Gasteiger partial charge < -0.3 is 5.32 Å². The van der Waals surface area contributed by atoms with E-state index in [0.29, 0.717) is 12.0 Å². The first-order valence-corrected chi connectivity index (χ1v) is 7.24. The topological polar surface area (TPSA) is 24.9 Å². The number of hydrogen-bond acceptors (Lipinski definition) is 3. The van der Waals surface area contributed by atoms with Crippen LogP contribution >= 0.6 is 11.3 Å². The van der Waals surface area contributed by atoms with Crippen LogP contribution in [-0.4, -0.2) is 11.5 Å². The minimum absolute atomic E-state index is 0.519. The lowest BCUT2D eigenvalue weighted by molar-refractivity contribution is 0.464. The summed E-state index contributed by atoms with van der Waals surface area (Å²) in [6.45, 7) is 7.75. The number of nitrogens with zero attached hydrogens (tertiary/aromatic N) is 1. The van der Waals surface area contributed by atoms with E-state index >= 15 is 0 Å². The summed E-state index contributed by atoms with van der Waals surface area (Å²) in [5.41, 5.74) is 1.36. The van der Waals surface area contributed by atoms with E-state index in [4.69, 9.17) is 4.98 Å². The van der Waals surface area contributed by atoms with Gasteiger partial charge >= 0.3 is 0 Å². The summed E-state index contributed by atoms with van der Waals surface area (Å²) in [5, 5.41) is 4.89. The summed E-state index contributed by atoms with van der Waals surface area (Å²) in [5.74, 6) is 0.713. The second-order valence-corrected chi connectivity index (χ2v) is 6.18. The van der Waals surface area contributed by atoms with Gasteiger partial charge in [0, 0.05) is 11.3 Å². The SMILES string of the molecule is CCNC1CCCc2sc(CC(C)C)nc21. The molecule has 0 saturated heterocycles. The number of aryl methyl sites for hydroxylation is 1. The zero-order valence-corrected chi connectivity index (χ0v) is 11.4. The molecule has 0 saturated carbocycles. The van der Waals surface area contributed by atoms with E-state index in [0.717, 1.165) is 13.0 Å². The molecule has 2 rings (SSSR count). The lowest BCUT2D eigenvalue weighted by Gasteiger charge is -2.21. The van der Waals surface area contributed by atoms with Crippen molar-refractivity contribution in [1.82, 2.24) is 10.3 Å². The Morgan fingerprint density at radius 2 is 2.31 bits per heavy atom. The van der Waals surface area contributed by atoms with Crippen molar-refractivity contribution in [2.75, 3.05) is 6.54 Å². The molecule has 1 aromatic heterocycles. The van der Waals surface area contributed by atoms with E-state index in [9.17, 15) is 0 Å². The number of rotatable bonds is 4. The molecule has 90 valence electrons. The molecular formula is C13H22N2S. The fourth-order valence-electron chi connectivity index (χ4n) is 2.35. The number of hydrogen-bond donors (Lipinski definition) is 1. The van der Waals surface area contributed by atoms with Crippen molar-refractivity contribution in [3.8, 4) is 0 Å². The third kappa shape index (κ3) is 2.64. The predicted octanol–water partition coefficient (Wildman–Crippen LogP) is 3.33. The van der Waals surface area contributed by atoms with Gasteiger partial charge in [0.15, 0.2) is 0 Å². The van der Waals surface area contributed by atoms with Crippen LogP contribution in [0.15, 0.2) is 0 Å². The minimum atomic E-state index is 0.519. The lowest BCUT2D eigenvalue weighted by Crippen LogP contribution is -2.24. The van der Waals surface area contributed by atoms with Crippen LogP contribution in [0, 0.1) is 5.92 Å². The molecular weight excluding hydrogens is 216 g/mol. The van der Waals surface area contributed by atoms with Crippen molar-refractivity contribution in [2.24, 2.45) is 5.92 Å². The van der Waals surface area contributed by atoms with Gasteiger partial charge in [-0.3, -0.25) is 0 Å². The third-order valence-corrected chi connectivity index (χ3v) is 4.19. The molecule has 1 atom stereocenters. The Morgan fingerprint density at radius 3 is 3.00 bits per heavy atom. The average molecular weight is 238 g/mol. The summed E-state index contributed by atoms with van der Waals surface area (Å²) >= 11 is 1.94. The Bertz CT molecular complexity index is 344. The summed E-state index contributed by atoms with van der Waals surface area (Å²) in [6.07, 6.45) is 4.95. The number of thiazole rings is 1. The minimum Gasteiger partial charge on any atom is -0.309 e. The van der Waals surface area contributed by atoms with Crippen molar-refractivity contribution in [3.05, 3.63) is 15.6 Å². The first kappa shape index (κ1) is 12.1. The molecule has 0 amide bonds. The van der Waals surface area contributed by atoms with E-state index < -0.39 is 0 Å². The Labute approximate surface area is 102 Å². The van der Waals surface area contributed by atoms with Crippen molar-refractivity contribution in [2.45, 2.75) is 52.5 Å². The summed E-state index contributed by atoms with van der Waals surface area (Å²) < 4.78 is 0. The molecule has 1 N–H and O–H groups in total. The molecule has 0 spiro atoms. The highest BCUT2D eigenvalue weighted by atomic mass is 32.1. The molecule has 2 nitrogen and oxygen atoms in total. The van der Waals surface area contributed by atoms with E-state index in [1.807, 2.05) is 11.3 Å². The van der Waals surface area contributed by atoms with Crippen LogP contribution in [0.4, 0.5) is 0 Å². The smallest absolute Gasteiger partial charge is 0.0934 e. The Hall–Kier alpha value is -0.410. The maximum Gasteiger partial charge on any atom is 0.0934 e. The van der Waals surface area contributed by atoms with Crippen molar-refractivity contribution in [3.63, 3.8) is 0 Å². The molecule has 0 aliphatic heterocycles. The first-order chi connectivity index (χ1) is 7.70. The molecule has 3 heteroatoms. The van der Waals surface area contributed by atoms with Gasteiger partial charge in [-0.15, -0.1) is 11.3 Å². The highest BCUT2D eigenvalue weighted by Gasteiger charge is 2.23. The Balaban J connectivity index is 2.17. The van der Waals surface area contributed by atoms with Gasteiger partial charge in [-0.1, -0.05) is 20.8 Å². The van der Waals surface area contributed by atoms with E-state index in [-0.39, 0.29) is 0 Å². The van der Waals surface area contributed by atoms with Gasteiger partial charge in [0.05, 0.1) is 16.7 Å². The molecule has 1 aliphatic carbocycles. The average Bonchev–Trinajstić information content (AvgIpc) is 2.60. The highest BCUT2D eigenvalue weighted by molar-refractivity contribution is 7.11. The summed E-state index contributed by atoms with van der Waals surface area (Å²) in [7, 11) is 0. The van der Waals surface area contributed by atoms with Crippen LogP contribution in [0.2, 0.25) is 0 Å². The van der Waals surface area contributed by atoms with Crippen molar-refractivity contribution >= 4 is 11.3 Å². The zero-order chi connectivity index (χ0) is 11.5. The summed E-state index contributed by atoms with van der Waals surface area (Å²) in [4.78, 5) is 6.38. The van der Waals surface area contributed by atoms with Gasteiger partial charge in [-0.25, -0.2) is 4.98 Å². The quantitative estimate of drug-likeness (QED) is 0.870. The van der Waals surface area contributed by atoms with E-state index in [1.165, 1.54) is 34.8 Å². The van der Waals surface area contributed by atoms with Gasteiger partial charge in [-0.2, -0.15) is 0 Å². The summed E-state index contributed by atoms with van der Waals surface area (Å²) in [6, 6.07) is 0.519. The fourth-order valence-corrected chi connectivity index (χ4v) is 3.73. The van der Waals surface area contributed by atoms with E-state index in [1.54, 1.807) is 0 Å². The number of nitrogens with one attached hydrogen (secondary N) is 1. The molecule has 1 unspecified atom stereocenters. The maximum atomic E-state index is 4.85. The predicted molar refractivity (Wildman–Crippen MR) is 70.0 cm³/mol. The molecule has 1 heterocycles. The van der Waals surface area contributed by atoms with Crippen LogP contribution in [0.1, 0.15) is 55.2 Å². The standard InChI is InChI=1S/C13H22N2S/c1-4-14-10-6-5-7-11-13(10)15-12(16-11)8-9(2)3/h9-10,14H,4-8H2,1-3H3. The van der Waals surface area contributed by atoms with Crippen LogP contribution in [-0.2, 0) is 12.8 Å². The van der Waals surface area contributed by atoms with Crippen LogP contribution in [0.5, 0.6) is 0 Å². The second kappa shape index (κ2) is 5.28. The zero-order valence-electron chi connectivity index (χ0n) is 10.5. The van der Waals surface area contributed by atoms with Crippen molar-refractivity contribution in [1.29, 1.82) is 0 Å². The normalized spacial score (nSPS) is 20.1. The molecule has 0 fully saturated rings. The molecule has 1 aromatic rings. The highest BCUT2D eigenvalue weighted by Crippen LogP contribution is 2.33. The van der Waals surface area contributed by atoms with Gasteiger partial charge in [-0.05, 0) is 31.7 Å². The van der Waals surface area contributed by atoms with Gasteiger partial charge in [0.1, 0.15) is 0 Å². The first-order valence-electron chi connectivity index (χ1n) is 6.42.